The predicted molar refractivity (Wildman–Crippen MR) is 134 cm³/mol. The van der Waals surface area contributed by atoms with Gasteiger partial charge in [-0.25, -0.2) is 0 Å². The predicted octanol–water partition coefficient (Wildman–Crippen LogP) is 6.04. The molecule has 4 rings (SSSR count). The Morgan fingerprint density at radius 2 is 1.70 bits per heavy atom. The SMILES string of the molecule is COc1ccc(-c2nnc(NC(=O)CCN(C(=O)c3ccc(C(F)(F)F)cc3)C3CCCCC3)s2)cc1. The Morgan fingerprint density at radius 1 is 1.03 bits per heavy atom. The van der Waals surface area contributed by atoms with Crippen LogP contribution in [0.2, 0.25) is 0 Å². The van der Waals surface area contributed by atoms with E-state index in [-0.39, 0.29) is 36.4 Å². The van der Waals surface area contributed by atoms with Gasteiger partial charge in [0.05, 0.1) is 12.7 Å². The number of nitrogens with one attached hydrogen (secondary N) is 1. The topological polar surface area (TPSA) is 84.4 Å². The van der Waals surface area contributed by atoms with Gasteiger partial charge in [0.2, 0.25) is 11.0 Å². The van der Waals surface area contributed by atoms with Crippen molar-refractivity contribution in [2.75, 3.05) is 19.0 Å². The van der Waals surface area contributed by atoms with Gasteiger partial charge in [-0.15, -0.1) is 10.2 Å². The van der Waals surface area contributed by atoms with E-state index >= 15 is 0 Å². The number of aromatic nitrogens is 2. The first-order chi connectivity index (χ1) is 17.7. The summed E-state index contributed by atoms with van der Waals surface area (Å²) in [7, 11) is 1.58. The van der Waals surface area contributed by atoms with E-state index in [0.29, 0.717) is 10.1 Å². The first-order valence-corrected chi connectivity index (χ1v) is 12.8. The van der Waals surface area contributed by atoms with Gasteiger partial charge in [0.25, 0.3) is 5.91 Å². The minimum atomic E-state index is -4.47. The summed E-state index contributed by atoms with van der Waals surface area (Å²) >= 11 is 1.23. The molecule has 2 amide bonds. The number of halogens is 3. The Labute approximate surface area is 216 Å². The van der Waals surface area contributed by atoms with Crippen molar-refractivity contribution in [2.24, 2.45) is 0 Å². The highest BCUT2D eigenvalue weighted by atomic mass is 32.1. The standard InChI is InChI=1S/C26H27F3N4O3S/c1-36-21-13-9-17(10-14-21)23-31-32-25(37-23)30-22(34)15-16-33(20-5-3-2-4-6-20)24(35)18-7-11-19(12-8-18)26(27,28)29/h7-14,20H,2-6,15-16H2,1H3,(H,30,32,34). The summed E-state index contributed by atoms with van der Waals surface area (Å²) in [4.78, 5) is 27.6. The third-order valence-corrected chi connectivity index (χ3v) is 7.21. The van der Waals surface area contributed by atoms with Gasteiger partial charge < -0.3 is 15.0 Å². The van der Waals surface area contributed by atoms with Crippen LogP contribution in [0, 0.1) is 0 Å². The van der Waals surface area contributed by atoms with Gasteiger partial charge in [-0.1, -0.05) is 30.6 Å². The number of hydrogen-bond acceptors (Lipinski definition) is 6. The first kappa shape index (κ1) is 26.6. The monoisotopic (exact) mass is 532 g/mol. The number of nitrogens with zero attached hydrogens (tertiary/aromatic N) is 3. The maximum atomic E-state index is 13.3. The molecule has 0 spiro atoms. The quantitative estimate of drug-likeness (QED) is 0.383. The Balaban J connectivity index is 1.40. The van der Waals surface area contributed by atoms with Gasteiger partial charge >= 0.3 is 6.18 Å². The van der Waals surface area contributed by atoms with Crippen LogP contribution in [0.5, 0.6) is 5.75 Å². The van der Waals surface area contributed by atoms with Crippen molar-refractivity contribution in [3.63, 3.8) is 0 Å². The number of rotatable bonds is 8. The molecule has 0 atom stereocenters. The molecule has 7 nitrogen and oxygen atoms in total. The van der Waals surface area contributed by atoms with Gasteiger partial charge in [0.15, 0.2) is 0 Å². The molecule has 1 N–H and O–H groups in total. The number of alkyl halides is 3. The molecule has 1 aliphatic rings. The minimum Gasteiger partial charge on any atom is -0.497 e. The molecule has 0 bridgehead atoms. The van der Waals surface area contributed by atoms with Gasteiger partial charge in [-0.3, -0.25) is 9.59 Å². The zero-order valence-corrected chi connectivity index (χ0v) is 21.1. The molecule has 1 saturated carbocycles. The van der Waals surface area contributed by atoms with E-state index < -0.39 is 11.7 Å². The van der Waals surface area contributed by atoms with E-state index in [0.717, 1.165) is 55.5 Å². The zero-order valence-electron chi connectivity index (χ0n) is 20.3. The van der Waals surface area contributed by atoms with Crippen LogP contribution in [0.25, 0.3) is 10.6 Å². The van der Waals surface area contributed by atoms with Crippen molar-refractivity contribution >= 4 is 28.3 Å². The summed E-state index contributed by atoms with van der Waals surface area (Å²) in [6.45, 7) is 0.153. The Morgan fingerprint density at radius 3 is 2.32 bits per heavy atom. The highest BCUT2D eigenvalue weighted by molar-refractivity contribution is 7.18. The zero-order chi connectivity index (χ0) is 26.4. The molecular formula is C26H27F3N4O3S. The summed E-state index contributed by atoms with van der Waals surface area (Å²) in [6.07, 6.45) is 0.165. The third-order valence-electron chi connectivity index (χ3n) is 6.32. The Hall–Kier alpha value is -3.47. The lowest BCUT2D eigenvalue weighted by Gasteiger charge is -2.34. The number of benzene rings is 2. The first-order valence-electron chi connectivity index (χ1n) is 12.0. The molecule has 0 unspecified atom stereocenters. The van der Waals surface area contributed by atoms with Crippen molar-refractivity contribution in [2.45, 2.75) is 50.7 Å². The minimum absolute atomic E-state index is 0.0281. The highest BCUT2D eigenvalue weighted by Gasteiger charge is 2.31. The molecule has 1 aromatic heterocycles. The molecule has 1 aliphatic carbocycles. The maximum absolute atomic E-state index is 13.3. The molecule has 196 valence electrons. The van der Waals surface area contributed by atoms with E-state index in [2.05, 4.69) is 15.5 Å². The summed E-state index contributed by atoms with van der Waals surface area (Å²) < 4.78 is 44.0. The van der Waals surface area contributed by atoms with E-state index in [1.165, 1.54) is 23.5 Å². The third kappa shape index (κ3) is 6.85. The second kappa shape index (κ2) is 11.7. The maximum Gasteiger partial charge on any atom is 0.416 e. The van der Waals surface area contributed by atoms with Crippen LogP contribution in [0.1, 0.15) is 54.4 Å². The van der Waals surface area contributed by atoms with Crippen LogP contribution in [-0.2, 0) is 11.0 Å². The molecule has 1 heterocycles. The summed E-state index contributed by atoms with van der Waals surface area (Å²) in [6, 6.07) is 11.5. The molecule has 1 fully saturated rings. The fourth-order valence-electron chi connectivity index (χ4n) is 4.34. The number of methoxy groups -OCH3 is 1. The molecule has 0 aliphatic heterocycles. The van der Waals surface area contributed by atoms with Crippen LogP contribution in [0.15, 0.2) is 48.5 Å². The normalized spacial score (nSPS) is 14.3. The van der Waals surface area contributed by atoms with Crippen molar-refractivity contribution in [3.05, 3.63) is 59.7 Å². The number of carbonyl (C=O) groups excluding carboxylic acids is 2. The average molecular weight is 533 g/mol. The largest absolute Gasteiger partial charge is 0.497 e. The van der Waals surface area contributed by atoms with E-state index in [9.17, 15) is 22.8 Å². The number of ether oxygens (including phenoxy) is 1. The van der Waals surface area contributed by atoms with Crippen LogP contribution in [-0.4, -0.2) is 46.6 Å². The fraction of sp³-hybridized carbons (Fsp3) is 0.385. The fourth-order valence-corrected chi connectivity index (χ4v) is 5.10. The Bertz CT molecular complexity index is 1210. The smallest absolute Gasteiger partial charge is 0.416 e. The number of anilines is 1. The van der Waals surface area contributed by atoms with Crippen molar-refractivity contribution < 1.29 is 27.5 Å². The van der Waals surface area contributed by atoms with E-state index in [1.807, 2.05) is 24.3 Å². The Kier molecular flexibility index (Phi) is 8.42. The molecule has 3 aromatic rings. The second-order valence-corrected chi connectivity index (χ2v) is 9.78. The number of hydrogen-bond donors (Lipinski definition) is 1. The van der Waals surface area contributed by atoms with Crippen molar-refractivity contribution in [1.82, 2.24) is 15.1 Å². The van der Waals surface area contributed by atoms with E-state index in [4.69, 9.17) is 4.74 Å². The average Bonchev–Trinajstić information content (AvgIpc) is 3.37. The molecule has 2 aromatic carbocycles. The number of carbonyl (C=O) groups is 2. The van der Waals surface area contributed by atoms with Crippen LogP contribution in [0.3, 0.4) is 0 Å². The lowest BCUT2D eigenvalue weighted by Crippen LogP contribution is -2.43. The summed E-state index contributed by atoms with van der Waals surface area (Å²) in [5, 5.41) is 11.9. The second-order valence-electron chi connectivity index (χ2n) is 8.80. The summed E-state index contributed by atoms with van der Waals surface area (Å²) in [5.74, 6) is 0.0275. The van der Waals surface area contributed by atoms with Gasteiger partial charge in [0.1, 0.15) is 10.8 Å². The lowest BCUT2D eigenvalue weighted by atomic mass is 9.93. The molecule has 11 heteroatoms. The number of amides is 2. The van der Waals surface area contributed by atoms with Gasteiger partial charge in [-0.05, 0) is 61.4 Å². The van der Waals surface area contributed by atoms with Crippen molar-refractivity contribution in [3.8, 4) is 16.3 Å². The van der Waals surface area contributed by atoms with Crippen molar-refractivity contribution in [1.29, 1.82) is 0 Å². The lowest BCUT2D eigenvalue weighted by molar-refractivity contribution is -0.137. The van der Waals surface area contributed by atoms with Gasteiger partial charge in [-0.2, -0.15) is 13.2 Å². The van der Waals surface area contributed by atoms with E-state index in [1.54, 1.807) is 12.0 Å². The molecule has 0 radical (unpaired) electrons. The van der Waals surface area contributed by atoms with Crippen LogP contribution in [0.4, 0.5) is 18.3 Å². The molecular weight excluding hydrogens is 505 g/mol. The van der Waals surface area contributed by atoms with Gasteiger partial charge in [0, 0.05) is 30.1 Å². The molecule has 37 heavy (non-hydrogen) atoms. The van der Waals surface area contributed by atoms with Crippen LogP contribution < -0.4 is 10.1 Å². The van der Waals surface area contributed by atoms with Crippen LogP contribution >= 0.6 is 11.3 Å². The summed E-state index contributed by atoms with van der Waals surface area (Å²) in [5.41, 5.74) is 0.204. The molecule has 0 saturated heterocycles. The highest BCUT2D eigenvalue weighted by Crippen LogP contribution is 2.31.